The molecule has 1 aromatic rings. The van der Waals surface area contributed by atoms with E-state index >= 15 is 0 Å². The fourth-order valence-corrected chi connectivity index (χ4v) is 2.48. The summed E-state index contributed by atoms with van der Waals surface area (Å²) in [5, 5.41) is 4.46. The molecule has 1 aromatic carbocycles. The Morgan fingerprint density at radius 2 is 2.11 bits per heavy atom. The molecule has 0 fully saturated rings. The molecule has 0 saturated heterocycles. The minimum atomic E-state index is 0.263. The van der Waals surface area contributed by atoms with Crippen LogP contribution in [0.25, 0.3) is 0 Å². The first-order valence-electron chi connectivity index (χ1n) is 7.08. The molecular formula is C16H26ClNO. The molecule has 19 heavy (non-hydrogen) atoms. The van der Waals surface area contributed by atoms with Crippen LogP contribution in [0.5, 0.6) is 0 Å². The van der Waals surface area contributed by atoms with Gasteiger partial charge in [-0.05, 0) is 56.8 Å². The van der Waals surface area contributed by atoms with Gasteiger partial charge in [0.1, 0.15) is 0 Å². The van der Waals surface area contributed by atoms with Gasteiger partial charge < -0.3 is 10.1 Å². The standard InChI is InChI=1S/C16H26ClNO/c1-5-8-18-15(10-13(3)19-4)11-14-7-6-12(2)9-16(14)17/h6-7,9,13,15,18H,5,8,10-11H2,1-4H3. The van der Waals surface area contributed by atoms with Crippen molar-refractivity contribution in [2.75, 3.05) is 13.7 Å². The average Bonchev–Trinajstić information content (AvgIpc) is 2.38. The van der Waals surface area contributed by atoms with E-state index in [0.717, 1.165) is 30.8 Å². The first-order chi connectivity index (χ1) is 9.06. The van der Waals surface area contributed by atoms with Gasteiger partial charge in [-0.25, -0.2) is 0 Å². The summed E-state index contributed by atoms with van der Waals surface area (Å²) in [5.74, 6) is 0. The Morgan fingerprint density at radius 3 is 2.68 bits per heavy atom. The molecule has 0 bridgehead atoms. The molecule has 2 unspecified atom stereocenters. The lowest BCUT2D eigenvalue weighted by atomic mass is 10.00. The molecule has 0 aromatic heterocycles. The number of hydrogen-bond acceptors (Lipinski definition) is 2. The van der Waals surface area contributed by atoms with E-state index in [4.69, 9.17) is 16.3 Å². The molecule has 108 valence electrons. The van der Waals surface area contributed by atoms with Crippen LogP contribution in [0.1, 0.15) is 37.8 Å². The fraction of sp³-hybridized carbons (Fsp3) is 0.625. The zero-order valence-corrected chi connectivity index (χ0v) is 13.3. The van der Waals surface area contributed by atoms with Crippen LogP contribution in [0, 0.1) is 6.92 Å². The van der Waals surface area contributed by atoms with Crippen LogP contribution < -0.4 is 5.32 Å². The molecule has 1 N–H and O–H groups in total. The predicted molar refractivity (Wildman–Crippen MR) is 83.1 cm³/mol. The lowest BCUT2D eigenvalue weighted by Gasteiger charge is -2.22. The number of halogens is 1. The van der Waals surface area contributed by atoms with Crippen molar-refractivity contribution >= 4 is 11.6 Å². The number of methoxy groups -OCH3 is 1. The lowest BCUT2D eigenvalue weighted by molar-refractivity contribution is 0.100. The number of hydrogen-bond donors (Lipinski definition) is 1. The van der Waals surface area contributed by atoms with E-state index in [0.29, 0.717) is 6.04 Å². The summed E-state index contributed by atoms with van der Waals surface area (Å²) in [5.41, 5.74) is 2.42. The summed E-state index contributed by atoms with van der Waals surface area (Å²) < 4.78 is 5.37. The molecule has 0 aliphatic carbocycles. The highest BCUT2D eigenvalue weighted by atomic mass is 35.5. The first-order valence-corrected chi connectivity index (χ1v) is 7.45. The number of benzene rings is 1. The highest BCUT2D eigenvalue weighted by Crippen LogP contribution is 2.20. The van der Waals surface area contributed by atoms with Gasteiger partial charge in [-0.3, -0.25) is 0 Å². The first kappa shape index (κ1) is 16.5. The van der Waals surface area contributed by atoms with E-state index in [2.05, 4.69) is 38.2 Å². The van der Waals surface area contributed by atoms with Crippen molar-refractivity contribution in [3.63, 3.8) is 0 Å². The zero-order valence-electron chi connectivity index (χ0n) is 12.5. The Balaban J connectivity index is 2.69. The summed E-state index contributed by atoms with van der Waals surface area (Å²) in [4.78, 5) is 0. The molecule has 2 atom stereocenters. The van der Waals surface area contributed by atoms with Crippen molar-refractivity contribution in [3.05, 3.63) is 34.3 Å². The molecule has 0 aliphatic rings. The third-order valence-electron chi connectivity index (χ3n) is 3.38. The van der Waals surface area contributed by atoms with Gasteiger partial charge in [0.2, 0.25) is 0 Å². The van der Waals surface area contributed by atoms with Crippen molar-refractivity contribution in [2.24, 2.45) is 0 Å². The van der Waals surface area contributed by atoms with Gasteiger partial charge in [0, 0.05) is 18.2 Å². The van der Waals surface area contributed by atoms with E-state index in [1.54, 1.807) is 7.11 Å². The lowest BCUT2D eigenvalue weighted by Crippen LogP contribution is -2.35. The van der Waals surface area contributed by atoms with Crippen LogP contribution in [0.3, 0.4) is 0 Å². The molecule has 0 amide bonds. The van der Waals surface area contributed by atoms with Crippen molar-refractivity contribution < 1.29 is 4.74 Å². The fourth-order valence-electron chi connectivity index (χ4n) is 2.17. The Kier molecular flexibility index (Phi) is 7.44. The second kappa shape index (κ2) is 8.57. The van der Waals surface area contributed by atoms with Crippen LogP contribution in [0.2, 0.25) is 5.02 Å². The summed E-state index contributed by atoms with van der Waals surface area (Å²) in [6.45, 7) is 7.39. The summed E-state index contributed by atoms with van der Waals surface area (Å²) >= 11 is 6.32. The van der Waals surface area contributed by atoms with Gasteiger partial charge >= 0.3 is 0 Å². The largest absolute Gasteiger partial charge is 0.382 e. The molecule has 3 heteroatoms. The molecule has 2 nitrogen and oxygen atoms in total. The number of ether oxygens (including phenoxy) is 1. The Hall–Kier alpha value is -0.570. The number of aryl methyl sites for hydroxylation is 1. The van der Waals surface area contributed by atoms with Gasteiger partial charge in [-0.15, -0.1) is 0 Å². The van der Waals surface area contributed by atoms with Crippen LogP contribution in [0.4, 0.5) is 0 Å². The Labute approximate surface area is 122 Å². The van der Waals surface area contributed by atoms with Crippen molar-refractivity contribution in [1.82, 2.24) is 5.32 Å². The number of nitrogens with one attached hydrogen (secondary N) is 1. The summed E-state index contributed by atoms with van der Waals surface area (Å²) in [7, 11) is 1.76. The highest BCUT2D eigenvalue weighted by molar-refractivity contribution is 6.31. The third kappa shape index (κ3) is 5.94. The second-order valence-corrected chi connectivity index (χ2v) is 5.64. The topological polar surface area (TPSA) is 21.3 Å². The molecular weight excluding hydrogens is 258 g/mol. The quantitative estimate of drug-likeness (QED) is 0.779. The van der Waals surface area contributed by atoms with Gasteiger partial charge in [0.25, 0.3) is 0 Å². The van der Waals surface area contributed by atoms with Crippen LogP contribution in [0.15, 0.2) is 18.2 Å². The molecule has 0 aliphatic heterocycles. The maximum Gasteiger partial charge on any atom is 0.0558 e. The SMILES string of the molecule is CCCNC(Cc1ccc(C)cc1Cl)CC(C)OC. The Bertz CT molecular complexity index is 381. The highest BCUT2D eigenvalue weighted by Gasteiger charge is 2.14. The third-order valence-corrected chi connectivity index (χ3v) is 3.73. The molecule has 0 heterocycles. The van der Waals surface area contributed by atoms with Crippen LogP contribution in [-0.2, 0) is 11.2 Å². The van der Waals surface area contributed by atoms with E-state index < -0.39 is 0 Å². The van der Waals surface area contributed by atoms with Gasteiger partial charge in [0.05, 0.1) is 6.10 Å². The predicted octanol–water partition coefficient (Wildman–Crippen LogP) is 3.98. The van der Waals surface area contributed by atoms with Crippen LogP contribution >= 0.6 is 11.6 Å². The summed E-state index contributed by atoms with van der Waals surface area (Å²) in [6.07, 6.45) is 3.35. The van der Waals surface area contributed by atoms with E-state index in [1.807, 2.05) is 6.07 Å². The monoisotopic (exact) mass is 283 g/mol. The maximum atomic E-state index is 6.32. The molecule has 0 spiro atoms. The normalized spacial score (nSPS) is 14.4. The molecule has 0 radical (unpaired) electrons. The van der Waals surface area contributed by atoms with Gasteiger partial charge in [0.15, 0.2) is 0 Å². The van der Waals surface area contributed by atoms with Crippen molar-refractivity contribution in [1.29, 1.82) is 0 Å². The van der Waals surface area contributed by atoms with E-state index in [-0.39, 0.29) is 6.10 Å². The molecule has 0 saturated carbocycles. The second-order valence-electron chi connectivity index (χ2n) is 5.23. The van der Waals surface area contributed by atoms with Crippen molar-refractivity contribution in [2.45, 2.75) is 52.2 Å². The van der Waals surface area contributed by atoms with E-state index in [1.165, 1.54) is 11.1 Å². The minimum absolute atomic E-state index is 0.263. The van der Waals surface area contributed by atoms with Crippen molar-refractivity contribution in [3.8, 4) is 0 Å². The molecule has 1 rings (SSSR count). The summed E-state index contributed by atoms with van der Waals surface area (Å²) in [6, 6.07) is 6.70. The van der Waals surface area contributed by atoms with Crippen LogP contribution in [-0.4, -0.2) is 25.8 Å². The van der Waals surface area contributed by atoms with Gasteiger partial charge in [-0.2, -0.15) is 0 Å². The average molecular weight is 284 g/mol. The minimum Gasteiger partial charge on any atom is -0.382 e. The van der Waals surface area contributed by atoms with Gasteiger partial charge in [-0.1, -0.05) is 30.7 Å². The zero-order chi connectivity index (χ0) is 14.3. The maximum absolute atomic E-state index is 6.32. The Morgan fingerprint density at radius 1 is 1.37 bits per heavy atom. The smallest absolute Gasteiger partial charge is 0.0558 e. The number of rotatable bonds is 8. The van der Waals surface area contributed by atoms with E-state index in [9.17, 15) is 0 Å².